The highest BCUT2D eigenvalue weighted by Crippen LogP contribution is 2.42. The van der Waals surface area contributed by atoms with Crippen molar-refractivity contribution in [1.29, 1.82) is 0 Å². The van der Waals surface area contributed by atoms with E-state index < -0.39 is 11.0 Å². The van der Waals surface area contributed by atoms with E-state index in [4.69, 9.17) is 37.4 Å². The highest BCUT2D eigenvalue weighted by molar-refractivity contribution is 6.42. The number of nitrogens with one attached hydrogen (secondary N) is 1. The van der Waals surface area contributed by atoms with Crippen molar-refractivity contribution in [3.63, 3.8) is 0 Å². The molecule has 2 heterocycles. The van der Waals surface area contributed by atoms with Crippen molar-refractivity contribution in [2.45, 2.75) is 37.1 Å². The van der Waals surface area contributed by atoms with Crippen LogP contribution in [0.3, 0.4) is 0 Å². The zero-order chi connectivity index (χ0) is 31.5. The Hall–Kier alpha value is -3.46. The number of halogens is 2. The fourth-order valence-corrected chi connectivity index (χ4v) is 6.86. The molecule has 44 heavy (non-hydrogen) atoms. The average molecular weight is 641 g/mol. The molecule has 0 aliphatic carbocycles. The lowest BCUT2D eigenvalue weighted by Gasteiger charge is -2.43. The van der Waals surface area contributed by atoms with Gasteiger partial charge in [-0.25, -0.2) is 0 Å². The third-order valence-electron chi connectivity index (χ3n) is 9.21. The molecule has 0 spiro atoms. The number of benzene rings is 3. The SMILES string of the molecule is CCN1CCC(C(=O)NC2(c3ccc(Cl)c(Cl)c3)CCN(C(=O)c3cc(OC)c(OC)c(OC)c3)C2)(c2ccccc2)CC1. The minimum atomic E-state index is -0.884. The summed E-state index contributed by atoms with van der Waals surface area (Å²) in [5.74, 6) is 0.927. The predicted octanol–water partition coefficient (Wildman–Crippen LogP) is 5.93. The molecule has 2 aliphatic rings. The standard InChI is InChI=1S/C34H39Cl2N3O5/c1-5-38-16-13-33(14-17-38,24-9-7-6-8-10-24)32(41)37-34(25-11-12-26(35)27(36)21-25)15-18-39(22-34)31(40)23-19-28(42-2)30(44-4)29(20-23)43-3/h6-12,19-21H,5,13-18,22H2,1-4H3,(H,37,41). The van der Waals surface area contributed by atoms with Crippen LogP contribution in [0.4, 0.5) is 0 Å². The normalized spacial score (nSPS) is 19.8. The van der Waals surface area contributed by atoms with E-state index in [-0.39, 0.29) is 18.4 Å². The second-order valence-electron chi connectivity index (χ2n) is 11.4. The molecule has 2 amide bonds. The van der Waals surface area contributed by atoms with Gasteiger partial charge >= 0.3 is 0 Å². The molecular weight excluding hydrogens is 601 g/mol. The van der Waals surface area contributed by atoms with Gasteiger partial charge in [0.05, 0.1) is 42.3 Å². The van der Waals surface area contributed by atoms with Crippen LogP contribution in [0.2, 0.25) is 10.0 Å². The Morgan fingerprint density at radius 3 is 2.05 bits per heavy atom. The summed E-state index contributed by atoms with van der Waals surface area (Å²) in [5, 5.41) is 4.29. The van der Waals surface area contributed by atoms with Crippen molar-refractivity contribution in [3.8, 4) is 17.2 Å². The van der Waals surface area contributed by atoms with Crippen LogP contribution in [-0.2, 0) is 15.7 Å². The summed E-state index contributed by atoms with van der Waals surface area (Å²) in [7, 11) is 4.55. The molecule has 234 valence electrons. The maximum atomic E-state index is 14.6. The second-order valence-corrected chi connectivity index (χ2v) is 12.3. The lowest BCUT2D eigenvalue weighted by atomic mass is 9.71. The largest absolute Gasteiger partial charge is 0.493 e. The van der Waals surface area contributed by atoms with E-state index in [1.165, 1.54) is 21.3 Å². The van der Waals surface area contributed by atoms with Crippen molar-refractivity contribution in [2.24, 2.45) is 0 Å². The Balaban J connectivity index is 1.51. The lowest BCUT2D eigenvalue weighted by Crippen LogP contribution is -2.57. The monoisotopic (exact) mass is 639 g/mol. The second kappa shape index (κ2) is 13.3. The van der Waals surface area contributed by atoms with Gasteiger partial charge < -0.3 is 29.3 Å². The number of likely N-dealkylation sites (tertiary alicyclic amines) is 2. The third-order valence-corrected chi connectivity index (χ3v) is 9.95. The number of ether oxygens (including phenoxy) is 3. The summed E-state index contributed by atoms with van der Waals surface area (Å²) in [6.07, 6.45) is 1.89. The number of rotatable bonds is 9. The number of methoxy groups -OCH3 is 3. The predicted molar refractivity (Wildman–Crippen MR) is 172 cm³/mol. The molecule has 0 radical (unpaired) electrons. The molecule has 2 fully saturated rings. The zero-order valence-corrected chi connectivity index (χ0v) is 27.1. The number of carbonyl (C=O) groups excluding carboxylic acids is 2. The molecule has 0 bridgehead atoms. The Kier molecular flexibility index (Phi) is 9.63. The Morgan fingerprint density at radius 1 is 0.818 bits per heavy atom. The van der Waals surface area contributed by atoms with Crippen molar-refractivity contribution in [1.82, 2.24) is 15.1 Å². The number of hydrogen-bond donors (Lipinski definition) is 1. The minimum Gasteiger partial charge on any atom is -0.493 e. The van der Waals surface area contributed by atoms with Crippen LogP contribution in [-0.4, -0.2) is 75.7 Å². The summed E-state index contributed by atoms with van der Waals surface area (Å²) in [6, 6.07) is 18.7. The molecule has 3 aromatic carbocycles. The molecule has 0 aromatic heterocycles. The Labute approximate surface area is 269 Å². The molecule has 1 unspecified atom stereocenters. The highest BCUT2D eigenvalue weighted by atomic mass is 35.5. The fourth-order valence-electron chi connectivity index (χ4n) is 6.57. The van der Waals surface area contributed by atoms with Gasteiger partial charge in [-0.15, -0.1) is 0 Å². The molecular formula is C34H39Cl2N3O5. The molecule has 5 rings (SSSR count). The Morgan fingerprint density at radius 2 is 1.48 bits per heavy atom. The summed E-state index contributed by atoms with van der Waals surface area (Å²) in [6.45, 7) is 5.40. The van der Waals surface area contributed by atoms with Crippen molar-refractivity contribution < 1.29 is 23.8 Å². The molecule has 1 atom stereocenters. The van der Waals surface area contributed by atoms with Gasteiger partial charge in [-0.3, -0.25) is 9.59 Å². The van der Waals surface area contributed by atoms with E-state index in [1.807, 2.05) is 36.4 Å². The van der Waals surface area contributed by atoms with Gasteiger partial charge in [0.1, 0.15) is 0 Å². The molecule has 8 nitrogen and oxygen atoms in total. The smallest absolute Gasteiger partial charge is 0.254 e. The van der Waals surface area contributed by atoms with Crippen LogP contribution < -0.4 is 19.5 Å². The average Bonchev–Trinajstić information content (AvgIpc) is 3.50. The van der Waals surface area contributed by atoms with Crippen LogP contribution in [0, 0.1) is 0 Å². The maximum Gasteiger partial charge on any atom is 0.254 e. The first-order chi connectivity index (χ1) is 21.2. The van der Waals surface area contributed by atoms with Crippen molar-refractivity contribution in [3.05, 3.63) is 87.4 Å². The van der Waals surface area contributed by atoms with Gasteiger partial charge in [0, 0.05) is 18.7 Å². The summed E-state index contributed by atoms with van der Waals surface area (Å²) >= 11 is 12.8. The van der Waals surface area contributed by atoms with Gasteiger partial charge in [0.2, 0.25) is 11.7 Å². The van der Waals surface area contributed by atoms with Gasteiger partial charge in [-0.1, -0.05) is 66.5 Å². The first kappa shape index (κ1) is 31.9. The molecule has 1 N–H and O–H groups in total. The van der Waals surface area contributed by atoms with Crippen molar-refractivity contribution in [2.75, 3.05) is 54.1 Å². The van der Waals surface area contributed by atoms with Crippen LogP contribution in [0.25, 0.3) is 0 Å². The first-order valence-electron chi connectivity index (χ1n) is 14.9. The molecule has 3 aromatic rings. The number of amides is 2. The molecule has 0 saturated carbocycles. The van der Waals surface area contributed by atoms with Gasteiger partial charge in [0.25, 0.3) is 5.91 Å². The van der Waals surface area contributed by atoms with E-state index in [0.29, 0.717) is 58.7 Å². The number of hydrogen-bond acceptors (Lipinski definition) is 6. The van der Waals surface area contributed by atoms with E-state index in [0.717, 1.165) is 30.8 Å². The maximum absolute atomic E-state index is 14.6. The quantitative estimate of drug-likeness (QED) is 0.313. The van der Waals surface area contributed by atoms with E-state index in [1.54, 1.807) is 29.2 Å². The van der Waals surface area contributed by atoms with E-state index in [9.17, 15) is 9.59 Å². The highest BCUT2D eigenvalue weighted by Gasteiger charge is 2.49. The van der Waals surface area contributed by atoms with E-state index in [2.05, 4.69) is 17.1 Å². The van der Waals surface area contributed by atoms with Crippen molar-refractivity contribution >= 4 is 35.0 Å². The van der Waals surface area contributed by atoms with Gasteiger partial charge in [-0.2, -0.15) is 0 Å². The zero-order valence-electron chi connectivity index (χ0n) is 25.6. The lowest BCUT2D eigenvalue weighted by molar-refractivity contribution is -0.130. The number of piperidine rings is 1. The van der Waals surface area contributed by atoms with Crippen LogP contribution in [0.1, 0.15) is 47.7 Å². The van der Waals surface area contributed by atoms with E-state index >= 15 is 0 Å². The minimum absolute atomic E-state index is 0.0485. The van der Waals surface area contributed by atoms with Crippen LogP contribution in [0.5, 0.6) is 17.2 Å². The third kappa shape index (κ3) is 5.95. The molecule has 2 saturated heterocycles. The Bertz CT molecular complexity index is 1480. The van der Waals surface area contributed by atoms with Gasteiger partial charge in [0.15, 0.2) is 11.5 Å². The number of carbonyl (C=O) groups is 2. The van der Waals surface area contributed by atoms with Crippen LogP contribution in [0.15, 0.2) is 60.7 Å². The molecule has 2 aliphatic heterocycles. The summed E-state index contributed by atoms with van der Waals surface area (Å²) in [4.78, 5) is 32.7. The topological polar surface area (TPSA) is 80.3 Å². The summed E-state index contributed by atoms with van der Waals surface area (Å²) < 4.78 is 16.4. The molecule has 10 heteroatoms. The summed E-state index contributed by atoms with van der Waals surface area (Å²) in [5.41, 5.74) is 0.606. The van der Waals surface area contributed by atoms with Gasteiger partial charge in [-0.05, 0) is 74.3 Å². The first-order valence-corrected chi connectivity index (χ1v) is 15.6. The fraction of sp³-hybridized carbons (Fsp3) is 0.412. The van der Waals surface area contributed by atoms with Crippen LogP contribution >= 0.6 is 23.2 Å². The number of nitrogens with zero attached hydrogens (tertiary/aromatic N) is 2.